The quantitative estimate of drug-likeness (QED) is 0.717. The summed E-state index contributed by atoms with van der Waals surface area (Å²) in [5, 5.41) is 10.6. The van der Waals surface area contributed by atoms with E-state index in [1.807, 2.05) is 12.1 Å². The van der Waals surface area contributed by atoms with Crippen LogP contribution in [-0.4, -0.2) is 43.3 Å². The molecule has 0 aliphatic carbocycles. The molecule has 0 spiro atoms. The summed E-state index contributed by atoms with van der Waals surface area (Å²) in [5.41, 5.74) is 2.22. The van der Waals surface area contributed by atoms with Gasteiger partial charge in [0.25, 0.3) is 0 Å². The van der Waals surface area contributed by atoms with Crippen molar-refractivity contribution in [3.63, 3.8) is 0 Å². The van der Waals surface area contributed by atoms with Crippen molar-refractivity contribution >= 4 is 16.7 Å². The Balaban J connectivity index is 1.47. The summed E-state index contributed by atoms with van der Waals surface area (Å²) in [6, 6.07) is 14.5. The van der Waals surface area contributed by atoms with Crippen molar-refractivity contribution in [2.24, 2.45) is 0 Å². The molecule has 140 valence electrons. The Morgan fingerprint density at radius 2 is 1.78 bits per heavy atom. The zero-order chi connectivity index (χ0) is 18.8. The second kappa shape index (κ2) is 7.32. The van der Waals surface area contributed by atoms with Crippen molar-refractivity contribution in [3.8, 4) is 11.5 Å². The molecule has 0 bridgehead atoms. The van der Waals surface area contributed by atoms with Crippen LogP contribution in [0.5, 0.6) is 11.5 Å². The molecule has 6 nitrogen and oxygen atoms in total. The van der Waals surface area contributed by atoms with Crippen LogP contribution in [0.25, 0.3) is 11.0 Å². The van der Waals surface area contributed by atoms with Gasteiger partial charge in [-0.15, -0.1) is 0 Å². The Bertz CT molecular complexity index is 989. The lowest BCUT2D eigenvalue weighted by molar-refractivity contribution is 0.250. The minimum atomic E-state index is -0.361. The van der Waals surface area contributed by atoms with Crippen LogP contribution >= 0.6 is 0 Å². The van der Waals surface area contributed by atoms with Crippen LogP contribution < -0.4 is 15.3 Å². The molecule has 0 atom stereocenters. The van der Waals surface area contributed by atoms with E-state index >= 15 is 0 Å². The zero-order valence-electron chi connectivity index (χ0n) is 15.2. The second-order valence-corrected chi connectivity index (χ2v) is 6.73. The third-order valence-corrected chi connectivity index (χ3v) is 5.02. The molecule has 1 aliphatic rings. The Hall–Kier alpha value is -2.99. The molecule has 2 aromatic carbocycles. The molecule has 4 rings (SSSR count). The minimum absolute atomic E-state index is 0.168. The molecule has 3 aromatic rings. The first-order valence-electron chi connectivity index (χ1n) is 8.99. The van der Waals surface area contributed by atoms with Gasteiger partial charge in [-0.1, -0.05) is 0 Å². The summed E-state index contributed by atoms with van der Waals surface area (Å²) in [5.74, 6) is 1.03. The van der Waals surface area contributed by atoms with Gasteiger partial charge in [-0.3, -0.25) is 4.90 Å². The third kappa shape index (κ3) is 3.75. The summed E-state index contributed by atoms with van der Waals surface area (Å²) in [7, 11) is 1.67. The molecule has 6 heteroatoms. The summed E-state index contributed by atoms with van der Waals surface area (Å²) in [4.78, 5) is 16.5. The second-order valence-electron chi connectivity index (χ2n) is 6.73. The van der Waals surface area contributed by atoms with Gasteiger partial charge in [0.1, 0.15) is 17.1 Å². The van der Waals surface area contributed by atoms with E-state index < -0.39 is 0 Å². The number of methoxy groups -OCH3 is 1. The molecular formula is C21H22N2O4. The molecule has 0 saturated carbocycles. The number of aromatic hydroxyl groups is 1. The van der Waals surface area contributed by atoms with E-state index in [1.165, 1.54) is 17.8 Å². The number of hydrogen-bond acceptors (Lipinski definition) is 6. The standard InChI is InChI=1S/C21H22N2O4/c1-26-18-5-2-16(3-6-18)23-10-8-22(9-11-23)14-15-12-21(25)27-20-7-4-17(24)13-19(15)20/h2-7,12-13,24H,8-11,14H2,1H3. The first-order chi connectivity index (χ1) is 13.1. The summed E-state index contributed by atoms with van der Waals surface area (Å²) < 4.78 is 10.5. The molecule has 1 aliphatic heterocycles. The predicted octanol–water partition coefficient (Wildman–Crippen LogP) is 2.83. The SMILES string of the molecule is COc1ccc(N2CCN(Cc3cc(=O)oc4ccc(O)cc34)CC2)cc1. The van der Waals surface area contributed by atoms with Crippen LogP contribution in [0.15, 0.2) is 57.7 Å². The molecule has 0 unspecified atom stereocenters. The molecular weight excluding hydrogens is 344 g/mol. The van der Waals surface area contributed by atoms with E-state index in [0.717, 1.165) is 42.9 Å². The monoisotopic (exact) mass is 366 g/mol. The molecule has 0 amide bonds. The number of phenolic OH excluding ortho intramolecular Hbond substituents is 1. The molecule has 1 aromatic heterocycles. The average molecular weight is 366 g/mol. The maximum absolute atomic E-state index is 11.9. The van der Waals surface area contributed by atoms with Crippen molar-refractivity contribution in [2.75, 3.05) is 38.2 Å². The highest BCUT2D eigenvalue weighted by Gasteiger charge is 2.19. The van der Waals surface area contributed by atoms with Crippen LogP contribution in [0.4, 0.5) is 5.69 Å². The average Bonchev–Trinajstić information content (AvgIpc) is 2.69. The van der Waals surface area contributed by atoms with Crippen molar-refractivity contribution in [1.82, 2.24) is 4.90 Å². The van der Waals surface area contributed by atoms with E-state index in [-0.39, 0.29) is 11.4 Å². The smallest absolute Gasteiger partial charge is 0.336 e. The van der Waals surface area contributed by atoms with Crippen LogP contribution in [0.3, 0.4) is 0 Å². The molecule has 2 heterocycles. The fourth-order valence-corrected chi connectivity index (χ4v) is 3.54. The van der Waals surface area contributed by atoms with Crippen LogP contribution in [0.2, 0.25) is 0 Å². The Labute approximate surface area is 157 Å². The molecule has 1 saturated heterocycles. The number of nitrogens with zero attached hydrogens (tertiary/aromatic N) is 2. The molecule has 27 heavy (non-hydrogen) atoms. The number of piperazine rings is 1. The number of ether oxygens (including phenoxy) is 1. The molecule has 1 fully saturated rings. The topological polar surface area (TPSA) is 66.2 Å². The summed E-state index contributed by atoms with van der Waals surface area (Å²) >= 11 is 0. The molecule has 1 N–H and O–H groups in total. The lowest BCUT2D eigenvalue weighted by Gasteiger charge is -2.36. The van der Waals surface area contributed by atoms with Crippen LogP contribution in [0.1, 0.15) is 5.56 Å². The fraction of sp³-hybridized carbons (Fsp3) is 0.286. The minimum Gasteiger partial charge on any atom is -0.508 e. The highest BCUT2D eigenvalue weighted by molar-refractivity contribution is 5.81. The van der Waals surface area contributed by atoms with Gasteiger partial charge in [-0.05, 0) is 48.0 Å². The number of rotatable bonds is 4. The predicted molar refractivity (Wildman–Crippen MR) is 105 cm³/mol. The summed E-state index contributed by atoms with van der Waals surface area (Å²) in [6.45, 7) is 4.27. The highest BCUT2D eigenvalue weighted by Crippen LogP contribution is 2.24. The van der Waals surface area contributed by atoms with Gasteiger partial charge in [0.05, 0.1) is 7.11 Å². The fourth-order valence-electron chi connectivity index (χ4n) is 3.54. The van der Waals surface area contributed by atoms with Crippen LogP contribution in [0, 0.1) is 0 Å². The maximum Gasteiger partial charge on any atom is 0.336 e. The zero-order valence-corrected chi connectivity index (χ0v) is 15.2. The van der Waals surface area contributed by atoms with Gasteiger partial charge in [0, 0.05) is 49.9 Å². The number of hydrogen-bond donors (Lipinski definition) is 1. The summed E-state index contributed by atoms with van der Waals surface area (Å²) in [6.07, 6.45) is 0. The number of fused-ring (bicyclic) bond motifs is 1. The normalized spacial score (nSPS) is 15.2. The van der Waals surface area contributed by atoms with E-state index in [4.69, 9.17) is 9.15 Å². The van der Waals surface area contributed by atoms with Crippen molar-refractivity contribution < 1.29 is 14.3 Å². The largest absolute Gasteiger partial charge is 0.508 e. The Morgan fingerprint density at radius 3 is 2.48 bits per heavy atom. The van der Waals surface area contributed by atoms with Gasteiger partial charge in [-0.2, -0.15) is 0 Å². The van der Waals surface area contributed by atoms with E-state index in [2.05, 4.69) is 21.9 Å². The van der Waals surface area contributed by atoms with E-state index in [1.54, 1.807) is 19.2 Å². The van der Waals surface area contributed by atoms with Crippen molar-refractivity contribution in [2.45, 2.75) is 6.54 Å². The number of anilines is 1. The van der Waals surface area contributed by atoms with Crippen LogP contribution in [-0.2, 0) is 6.54 Å². The van der Waals surface area contributed by atoms with Gasteiger partial charge in [0.15, 0.2) is 0 Å². The highest BCUT2D eigenvalue weighted by atomic mass is 16.5. The Morgan fingerprint density at radius 1 is 1.04 bits per heavy atom. The first kappa shape index (κ1) is 17.4. The lowest BCUT2D eigenvalue weighted by Crippen LogP contribution is -2.46. The molecule has 0 radical (unpaired) electrons. The van der Waals surface area contributed by atoms with Gasteiger partial charge in [-0.25, -0.2) is 4.79 Å². The van der Waals surface area contributed by atoms with Gasteiger partial charge < -0.3 is 19.2 Å². The number of benzene rings is 2. The van der Waals surface area contributed by atoms with E-state index in [9.17, 15) is 9.90 Å². The lowest BCUT2D eigenvalue weighted by atomic mass is 10.1. The van der Waals surface area contributed by atoms with Crippen molar-refractivity contribution in [1.29, 1.82) is 0 Å². The first-order valence-corrected chi connectivity index (χ1v) is 8.99. The Kier molecular flexibility index (Phi) is 4.73. The van der Waals surface area contributed by atoms with Gasteiger partial charge >= 0.3 is 5.63 Å². The number of phenols is 1. The third-order valence-electron chi connectivity index (χ3n) is 5.02. The van der Waals surface area contributed by atoms with Crippen molar-refractivity contribution in [3.05, 3.63) is 64.5 Å². The van der Waals surface area contributed by atoms with Gasteiger partial charge in [0.2, 0.25) is 0 Å². The maximum atomic E-state index is 11.9. The van der Waals surface area contributed by atoms with E-state index in [0.29, 0.717) is 12.1 Å².